The highest BCUT2D eigenvalue weighted by atomic mass is 32.2. The van der Waals surface area contributed by atoms with Gasteiger partial charge in [-0.1, -0.05) is 11.8 Å². The SMILES string of the molecule is CCNC(=O)[C@@H](C)Sc1nnc(-c2ccc(F)cc2)n1C[C@@H]1CCCO1. The second kappa shape index (κ2) is 8.64. The Kier molecular flexibility index (Phi) is 6.26. The average molecular weight is 378 g/mol. The molecule has 0 radical (unpaired) electrons. The van der Waals surface area contributed by atoms with Gasteiger partial charge in [0, 0.05) is 18.7 Å². The summed E-state index contributed by atoms with van der Waals surface area (Å²) in [5.41, 5.74) is 0.786. The highest BCUT2D eigenvalue weighted by Gasteiger charge is 2.24. The Morgan fingerprint density at radius 1 is 1.42 bits per heavy atom. The first-order valence-electron chi connectivity index (χ1n) is 8.83. The minimum absolute atomic E-state index is 0.0347. The lowest BCUT2D eigenvalue weighted by molar-refractivity contribution is -0.120. The monoisotopic (exact) mass is 378 g/mol. The summed E-state index contributed by atoms with van der Waals surface area (Å²) in [5.74, 6) is 0.331. The number of amides is 1. The van der Waals surface area contributed by atoms with E-state index < -0.39 is 0 Å². The summed E-state index contributed by atoms with van der Waals surface area (Å²) in [7, 11) is 0. The van der Waals surface area contributed by atoms with Crippen molar-refractivity contribution in [2.75, 3.05) is 13.2 Å². The van der Waals surface area contributed by atoms with Gasteiger partial charge < -0.3 is 10.1 Å². The van der Waals surface area contributed by atoms with Crippen LogP contribution >= 0.6 is 11.8 Å². The number of nitrogens with one attached hydrogen (secondary N) is 1. The van der Waals surface area contributed by atoms with Gasteiger partial charge in [-0.25, -0.2) is 4.39 Å². The normalized spacial score (nSPS) is 18.0. The van der Waals surface area contributed by atoms with Crippen LogP contribution in [-0.4, -0.2) is 45.2 Å². The van der Waals surface area contributed by atoms with Crippen LogP contribution in [0.2, 0.25) is 0 Å². The van der Waals surface area contributed by atoms with Crippen LogP contribution in [0, 0.1) is 5.82 Å². The molecule has 1 aliphatic heterocycles. The van der Waals surface area contributed by atoms with Crippen LogP contribution in [0.4, 0.5) is 4.39 Å². The molecule has 2 atom stereocenters. The topological polar surface area (TPSA) is 69.0 Å². The lowest BCUT2D eigenvalue weighted by Gasteiger charge is -2.16. The summed E-state index contributed by atoms with van der Waals surface area (Å²) in [6.45, 7) is 5.70. The van der Waals surface area contributed by atoms with E-state index in [1.165, 1.54) is 23.9 Å². The van der Waals surface area contributed by atoms with Gasteiger partial charge in [-0.05, 0) is 51.0 Å². The molecule has 0 saturated carbocycles. The second-order valence-corrected chi connectivity index (χ2v) is 7.52. The molecule has 140 valence electrons. The first kappa shape index (κ1) is 18.8. The maximum atomic E-state index is 13.3. The number of carbonyl (C=O) groups is 1. The third kappa shape index (κ3) is 4.42. The largest absolute Gasteiger partial charge is 0.376 e. The van der Waals surface area contributed by atoms with Crippen molar-refractivity contribution < 1.29 is 13.9 Å². The van der Waals surface area contributed by atoms with Crippen molar-refractivity contribution in [3.8, 4) is 11.4 Å². The van der Waals surface area contributed by atoms with Crippen LogP contribution in [0.1, 0.15) is 26.7 Å². The molecule has 0 spiro atoms. The summed E-state index contributed by atoms with van der Waals surface area (Å²) in [6, 6.07) is 6.19. The molecule has 0 unspecified atom stereocenters. The number of aromatic nitrogens is 3. The minimum atomic E-state index is -0.293. The van der Waals surface area contributed by atoms with Gasteiger partial charge in [0.1, 0.15) is 5.82 Å². The van der Waals surface area contributed by atoms with Gasteiger partial charge >= 0.3 is 0 Å². The summed E-state index contributed by atoms with van der Waals surface area (Å²) in [4.78, 5) is 12.1. The van der Waals surface area contributed by atoms with Crippen LogP contribution < -0.4 is 5.32 Å². The number of halogens is 1. The van der Waals surface area contributed by atoms with Gasteiger partial charge in [0.25, 0.3) is 0 Å². The van der Waals surface area contributed by atoms with Crippen molar-refractivity contribution in [3.63, 3.8) is 0 Å². The molecule has 2 aromatic rings. The van der Waals surface area contributed by atoms with Crippen molar-refractivity contribution in [2.45, 2.75) is 49.7 Å². The Morgan fingerprint density at radius 2 is 2.19 bits per heavy atom. The number of hydrogen-bond donors (Lipinski definition) is 1. The lowest BCUT2D eigenvalue weighted by atomic mass is 10.2. The second-order valence-electron chi connectivity index (χ2n) is 6.21. The van der Waals surface area contributed by atoms with Gasteiger partial charge in [0.15, 0.2) is 11.0 Å². The van der Waals surface area contributed by atoms with Crippen LogP contribution in [0.3, 0.4) is 0 Å². The van der Waals surface area contributed by atoms with E-state index in [1.807, 2.05) is 18.4 Å². The van der Waals surface area contributed by atoms with Crippen molar-refractivity contribution >= 4 is 17.7 Å². The molecular weight excluding hydrogens is 355 g/mol. The Labute approximate surface area is 156 Å². The third-order valence-electron chi connectivity index (χ3n) is 4.23. The van der Waals surface area contributed by atoms with E-state index in [0.29, 0.717) is 24.1 Å². The third-order valence-corrected chi connectivity index (χ3v) is 5.31. The minimum Gasteiger partial charge on any atom is -0.376 e. The zero-order valence-electron chi connectivity index (χ0n) is 14.9. The van der Waals surface area contributed by atoms with Crippen LogP contribution in [-0.2, 0) is 16.1 Å². The first-order chi connectivity index (χ1) is 12.6. The van der Waals surface area contributed by atoms with E-state index in [0.717, 1.165) is 25.0 Å². The summed E-state index contributed by atoms with van der Waals surface area (Å²) < 4.78 is 21.0. The molecule has 1 amide bonds. The zero-order valence-corrected chi connectivity index (χ0v) is 15.8. The fourth-order valence-electron chi connectivity index (χ4n) is 2.87. The molecule has 6 nitrogen and oxygen atoms in total. The number of ether oxygens (including phenoxy) is 1. The summed E-state index contributed by atoms with van der Waals surface area (Å²) >= 11 is 1.37. The molecule has 3 rings (SSSR count). The van der Waals surface area contributed by atoms with Crippen LogP contribution in [0.15, 0.2) is 29.4 Å². The number of rotatable bonds is 7. The van der Waals surface area contributed by atoms with E-state index in [2.05, 4.69) is 15.5 Å². The highest BCUT2D eigenvalue weighted by Crippen LogP contribution is 2.29. The summed E-state index contributed by atoms with van der Waals surface area (Å²) in [6.07, 6.45) is 2.12. The van der Waals surface area contributed by atoms with Crippen LogP contribution in [0.5, 0.6) is 0 Å². The molecule has 1 aliphatic rings. The Hall–Kier alpha value is -1.93. The number of hydrogen-bond acceptors (Lipinski definition) is 5. The van der Waals surface area contributed by atoms with E-state index >= 15 is 0 Å². The Bertz CT molecular complexity index is 744. The molecule has 0 aliphatic carbocycles. The van der Waals surface area contributed by atoms with Crippen molar-refractivity contribution in [3.05, 3.63) is 30.1 Å². The Balaban J connectivity index is 1.88. The van der Waals surface area contributed by atoms with Crippen molar-refractivity contribution in [1.82, 2.24) is 20.1 Å². The molecule has 26 heavy (non-hydrogen) atoms. The average Bonchev–Trinajstić information content (AvgIpc) is 3.27. The molecule has 0 bridgehead atoms. The number of benzene rings is 1. The Morgan fingerprint density at radius 3 is 2.85 bits per heavy atom. The number of carbonyl (C=O) groups excluding carboxylic acids is 1. The molecule has 1 aromatic heterocycles. The van der Waals surface area contributed by atoms with Gasteiger partial charge in [0.2, 0.25) is 5.91 Å². The maximum Gasteiger partial charge on any atom is 0.233 e. The van der Waals surface area contributed by atoms with Gasteiger partial charge in [-0.2, -0.15) is 0 Å². The molecule has 2 heterocycles. The molecule has 8 heteroatoms. The first-order valence-corrected chi connectivity index (χ1v) is 9.71. The molecular formula is C18H23FN4O2S. The molecule has 1 aromatic carbocycles. The van der Waals surface area contributed by atoms with Gasteiger partial charge in [-0.3, -0.25) is 9.36 Å². The highest BCUT2D eigenvalue weighted by molar-refractivity contribution is 8.00. The standard InChI is InChI=1S/C18H23FN4O2S/c1-3-20-17(24)12(2)26-18-22-21-16(13-6-8-14(19)9-7-13)23(18)11-15-5-4-10-25-15/h6-9,12,15H,3-5,10-11H2,1-2H3,(H,20,24)/t12-,15+/m1/s1. The quantitative estimate of drug-likeness (QED) is 0.751. The van der Waals surface area contributed by atoms with Crippen LogP contribution in [0.25, 0.3) is 11.4 Å². The fraction of sp³-hybridized carbons (Fsp3) is 0.500. The van der Waals surface area contributed by atoms with Crippen molar-refractivity contribution in [1.29, 1.82) is 0 Å². The maximum absolute atomic E-state index is 13.3. The molecule has 1 N–H and O–H groups in total. The number of nitrogens with zero attached hydrogens (tertiary/aromatic N) is 3. The molecule has 1 saturated heterocycles. The predicted octanol–water partition coefficient (Wildman–Crippen LogP) is 2.88. The van der Waals surface area contributed by atoms with E-state index in [-0.39, 0.29) is 23.1 Å². The predicted molar refractivity (Wildman–Crippen MR) is 98.4 cm³/mol. The zero-order chi connectivity index (χ0) is 18.5. The van der Waals surface area contributed by atoms with Gasteiger partial charge in [0.05, 0.1) is 17.9 Å². The van der Waals surface area contributed by atoms with Gasteiger partial charge in [-0.15, -0.1) is 10.2 Å². The lowest BCUT2D eigenvalue weighted by Crippen LogP contribution is -2.30. The van der Waals surface area contributed by atoms with E-state index in [4.69, 9.17) is 4.74 Å². The van der Waals surface area contributed by atoms with E-state index in [1.54, 1.807) is 12.1 Å². The van der Waals surface area contributed by atoms with Crippen molar-refractivity contribution in [2.24, 2.45) is 0 Å². The summed E-state index contributed by atoms with van der Waals surface area (Å²) in [5, 5.41) is 11.8. The molecule has 1 fully saturated rings. The smallest absolute Gasteiger partial charge is 0.233 e. The van der Waals surface area contributed by atoms with E-state index in [9.17, 15) is 9.18 Å². The fourth-order valence-corrected chi connectivity index (χ4v) is 3.76. The number of thioether (sulfide) groups is 1.